The van der Waals surface area contributed by atoms with Crippen LogP contribution in [0.2, 0.25) is 0 Å². The Bertz CT molecular complexity index is 1090. The van der Waals surface area contributed by atoms with Crippen molar-refractivity contribution in [2.45, 2.75) is 61.6 Å². The first-order chi connectivity index (χ1) is 14.6. The molecule has 170 valence electrons. The summed E-state index contributed by atoms with van der Waals surface area (Å²) < 4.78 is 68.5. The predicted octanol–water partition coefficient (Wildman–Crippen LogP) is 3.28. The molecule has 2 fully saturated rings. The maximum Gasteiger partial charge on any atom is 0.416 e. The van der Waals surface area contributed by atoms with E-state index in [9.17, 15) is 26.4 Å². The van der Waals surface area contributed by atoms with Gasteiger partial charge in [0, 0.05) is 32.1 Å². The monoisotopic (exact) mass is 458 g/mol. The first-order valence-corrected chi connectivity index (χ1v) is 11.9. The van der Waals surface area contributed by atoms with Crippen molar-refractivity contribution in [2.75, 3.05) is 13.1 Å². The van der Waals surface area contributed by atoms with Gasteiger partial charge in [-0.05, 0) is 49.9 Å². The van der Waals surface area contributed by atoms with Gasteiger partial charge < -0.3 is 0 Å². The van der Waals surface area contributed by atoms with E-state index in [4.69, 9.17) is 0 Å². The molecule has 1 saturated carbocycles. The summed E-state index contributed by atoms with van der Waals surface area (Å²) in [4.78, 5) is 12.4. The minimum atomic E-state index is -4.52. The normalized spacial score (nSPS) is 19.9. The number of aromatic nitrogens is 3. The molecule has 7 nitrogen and oxygen atoms in total. The molecule has 0 radical (unpaired) electrons. The number of halogens is 3. The topological polar surface area (TPSA) is 77.2 Å². The minimum absolute atomic E-state index is 0.0337. The molecule has 2 aliphatic rings. The molecule has 1 aromatic carbocycles. The van der Waals surface area contributed by atoms with Crippen molar-refractivity contribution >= 4 is 10.0 Å². The summed E-state index contributed by atoms with van der Waals surface area (Å²) in [6, 6.07) is 3.72. The molecule has 0 bridgehead atoms. The third-order valence-electron chi connectivity index (χ3n) is 6.31. The summed E-state index contributed by atoms with van der Waals surface area (Å²) in [5, 5.41) is 4.45. The van der Waals surface area contributed by atoms with Crippen LogP contribution in [0.25, 0.3) is 0 Å². The van der Waals surface area contributed by atoms with Crippen molar-refractivity contribution in [3.8, 4) is 0 Å². The Balaban J connectivity index is 1.50. The van der Waals surface area contributed by atoms with Crippen LogP contribution in [0.4, 0.5) is 13.2 Å². The Labute approximate surface area is 178 Å². The molecule has 0 atom stereocenters. The zero-order chi connectivity index (χ0) is 22.4. The van der Waals surface area contributed by atoms with E-state index in [2.05, 4.69) is 5.10 Å². The summed E-state index contributed by atoms with van der Waals surface area (Å²) in [5.74, 6) is 0.680. The van der Waals surface area contributed by atoms with Gasteiger partial charge in [0.25, 0.3) is 0 Å². The third kappa shape index (κ3) is 4.17. The molecule has 1 aliphatic carbocycles. The van der Waals surface area contributed by atoms with Crippen molar-refractivity contribution in [2.24, 2.45) is 7.05 Å². The molecule has 1 saturated heterocycles. The number of nitrogens with zero attached hydrogens (tertiary/aromatic N) is 4. The smallest absolute Gasteiger partial charge is 0.276 e. The standard InChI is InChI=1S/C20H25F3N4O3S/c1-25-19(28)27(16-4-2-3-5-16)18(24-25)14-10-12-26(13-11-14)31(29,30)17-8-6-15(7-9-17)20(21,22)23/h6-9,14,16H,2-5,10-13H2,1H3. The fourth-order valence-corrected chi connectivity index (χ4v) is 6.07. The first-order valence-electron chi connectivity index (χ1n) is 10.4. The Morgan fingerprint density at radius 1 is 1.00 bits per heavy atom. The van der Waals surface area contributed by atoms with Crippen LogP contribution in [0.15, 0.2) is 34.0 Å². The highest BCUT2D eigenvalue weighted by Crippen LogP contribution is 2.35. The first kappa shape index (κ1) is 22.1. The van der Waals surface area contributed by atoms with Gasteiger partial charge in [0.05, 0.1) is 10.5 Å². The summed E-state index contributed by atoms with van der Waals surface area (Å²) in [5.41, 5.74) is -1.02. The van der Waals surface area contributed by atoms with E-state index in [1.165, 1.54) is 8.99 Å². The van der Waals surface area contributed by atoms with E-state index in [-0.39, 0.29) is 35.6 Å². The number of hydrogen-bond acceptors (Lipinski definition) is 4. The second-order valence-electron chi connectivity index (χ2n) is 8.27. The van der Waals surface area contributed by atoms with Crippen molar-refractivity contribution in [1.29, 1.82) is 0 Å². The lowest BCUT2D eigenvalue weighted by atomic mass is 9.97. The van der Waals surface area contributed by atoms with E-state index in [0.29, 0.717) is 18.7 Å². The number of alkyl halides is 3. The molecular weight excluding hydrogens is 433 g/mol. The molecule has 1 aliphatic heterocycles. The molecule has 2 heterocycles. The molecule has 0 spiro atoms. The van der Waals surface area contributed by atoms with E-state index < -0.39 is 21.8 Å². The van der Waals surface area contributed by atoms with Gasteiger partial charge >= 0.3 is 11.9 Å². The van der Waals surface area contributed by atoms with Gasteiger partial charge in [-0.2, -0.15) is 22.6 Å². The van der Waals surface area contributed by atoms with Crippen LogP contribution in [-0.4, -0.2) is 40.2 Å². The van der Waals surface area contributed by atoms with Crippen molar-refractivity contribution in [3.63, 3.8) is 0 Å². The highest BCUT2D eigenvalue weighted by Gasteiger charge is 2.35. The fourth-order valence-electron chi connectivity index (χ4n) is 4.60. The highest BCUT2D eigenvalue weighted by atomic mass is 32.2. The van der Waals surface area contributed by atoms with Crippen LogP contribution in [0.5, 0.6) is 0 Å². The van der Waals surface area contributed by atoms with E-state index in [1.54, 1.807) is 11.6 Å². The summed E-state index contributed by atoms with van der Waals surface area (Å²) >= 11 is 0. The summed E-state index contributed by atoms with van der Waals surface area (Å²) in [7, 11) is -2.26. The van der Waals surface area contributed by atoms with Crippen LogP contribution in [0.1, 0.15) is 61.9 Å². The van der Waals surface area contributed by atoms with Gasteiger partial charge in [0.15, 0.2) is 0 Å². The summed E-state index contributed by atoms with van der Waals surface area (Å²) in [6.45, 7) is 0.451. The summed E-state index contributed by atoms with van der Waals surface area (Å²) in [6.07, 6.45) is 0.536. The van der Waals surface area contributed by atoms with Gasteiger partial charge in [-0.25, -0.2) is 17.9 Å². The van der Waals surface area contributed by atoms with E-state index >= 15 is 0 Å². The van der Waals surface area contributed by atoms with Crippen molar-refractivity contribution in [1.82, 2.24) is 18.7 Å². The molecule has 0 unspecified atom stereocenters. The molecule has 4 rings (SSSR count). The largest absolute Gasteiger partial charge is 0.416 e. The van der Waals surface area contributed by atoms with Gasteiger partial charge in [0.1, 0.15) is 5.82 Å². The second-order valence-corrected chi connectivity index (χ2v) is 10.2. The number of rotatable bonds is 4. The number of piperidine rings is 1. The predicted molar refractivity (Wildman–Crippen MR) is 107 cm³/mol. The molecular formula is C20H25F3N4O3S. The van der Waals surface area contributed by atoms with E-state index in [1.807, 2.05) is 0 Å². The Morgan fingerprint density at radius 3 is 2.13 bits per heavy atom. The van der Waals surface area contributed by atoms with Crippen LogP contribution in [-0.2, 0) is 23.2 Å². The molecule has 31 heavy (non-hydrogen) atoms. The lowest BCUT2D eigenvalue weighted by Crippen LogP contribution is -2.38. The quantitative estimate of drug-likeness (QED) is 0.705. The lowest BCUT2D eigenvalue weighted by Gasteiger charge is -2.31. The van der Waals surface area contributed by atoms with Crippen LogP contribution in [0.3, 0.4) is 0 Å². The van der Waals surface area contributed by atoms with Gasteiger partial charge in [-0.15, -0.1) is 0 Å². The van der Waals surface area contributed by atoms with Crippen molar-refractivity contribution in [3.05, 3.63) is 46.1 Å². The molecule has 1 aromatic heterocycles. The average molecular weight is 459 g/mol. The minimum Gasteiger partial charge on any atom is -0.276 e. The molecule has 0 N–H and O–H groups in total. The van der Waals surface area contributed by atoms with Crippen LogP contribution in [0, 0.1) is 0 Å². The zero-order valence-corrected chi connectivity index (χ0v) is 18.0. The molecule has 11 heteroatoms. The number of hydrogen-bond donors (Lipinski definition) is 0. The van der Waals surface area contributed by atoms with Gasteiger partial charge in [-0.3, -0.25) is 4.57 Å². The lowest BCUT2D eigenvalue weighted by molar-refractivity contribution is -0.137. The maximum absolute atomic E-state index is 12.9. The van der Waals surface area contributed by atoms with E-state index in [0.717, 1.165) is 49.9 Å². The Kier molecular flexibility index (Phi) is 5.76. The average Bonchev–Trinajstić information content (AvgIpc) is 3.36. The van der Waals surface area contributed by atoms with Crippen molar-refractivity contribution < 1.29 is 21.6 Å². The number of aryl methyl sites for hydroxylation is 1. The highest BCUT2D eigenvalue weighted by molar-refractivity contribution is 7.89. The fraction of sp³-hybridized carbons (Fsp3) is 0.600. The van der Waals surface area contributed by atoms with Crippen LogP contribution < -0.4 is 5.69 Å². The van der Waals surface area contributed by atoms with Gasteiger partial charge in [0.2, 0.25) is 10.0 Å². The molecule has 2 aromatic rings. The zero-order valence-electron chi connectivity index (χ0n) is 17.2. The Hall–Kier alpha value is -2.14. The maximum atomic E-state index is 12.9. The van der Waals surface area contributed by atoms with Gasteiger partial charge in [-0.1, -0.05) is 12.8 Å². The second kappa shape index (κ2) is 8.09. The van der Waals surface area contributed by atoms with Crippen LogP contribution >= 0.6 is 0 Å². The number of benzene rings is 1. The Morgan fingerprint density at radius 2 is 1.58 bits per heavy atom. The number of sulfonamides is 1. The molecule has 0 amide bonds. The SMILES string of the molecule is Cn1nc(C2CCN(S(=O)(=O)c3ccc(C(F)(F)F)cc3)CC2)n(C2CCCC2)c1=O. The third-order valence-corrected chi connectivity index (χ3v) is 8.22.